The maximum absolute atomic E-state index is 13.9. The Morgan fingerprint density at radius 1 is 0.971 bits per heavy atom. The second-order valence-corrected chi connectivity index (χ2v) is 10.3. The van der Waals surface area contributed by atoms with E-state index >= 15 is 0 Å². The van der Waals surface area contributed by atoms with E-state index < -0.39 is 0 Å². The molecule has 1 fully saturated rings. The van der Waals surface area contributed by atoms with Crippen molar-refractivity contribution in [1.82, 2.24) is 4.90 Å². The number of hydrogen-bond acceptors (Lipinski definition) is 4. The zero-order valence-electron chi connectivity index (χ0n) is 18.0. The number of hydrogen-bond donors (Lipinski definition) is 0. The number of rotatable bonds is 8. The molecular weight excluding hydrogens is 585 g/mol. The van der Waals surface area contributed by atoms with Crippen molar-refractivity contribution in [3.8, 4) is 5.75 Å². The molecule has 0 saturated carbocycles. The first kappa shape index (κ1) is 24.7. The molecule has 0 N–H and O–H groups in total. The number of nitrogens with zero attached hydrogens (tertiary/aromatic N) is 1. The Bertz CT molecular complexity index is 1230. The standard InChI is InChI=1S/C26H20Br2FNO3S/c27-20-13-18(14-21(28)24(20)33-16-19-10-4-5-11-22(19)29)15-23-25(31)30(26(32)34-23)12-6-9-17-7-2-1-3-8-17/h1-5,7-8,10-11,13-15H,6,9,12,16H2/b23-15+. The minimum atomic E-state index is -0.328. The van der Waals surface area contributed by atoms with E-state index in [2.05, 4.69) is 31.9 Å². The highest BCUT2D eigenvalue weighted by Crippen LogP contribution is 2.38. The lowest BCUT2D eigenvalue weighted by Crippen LogP contribution is -2.29. The average molecular weight is 605 g/mol. The van der Waals surface area contributed by atoms with Crippen LogP contribution in [0.25, 0.3) is 6.08 Å². The van der Waals surface area contributed by atoms with E-state index in [1.165, 1.54) is 16.5 Å². The Morgan fingerprint density at radius 2 is 1.65 bits per heavy atom. The lowest BCUT2D eigenvalue weighted by Gasteiger charge is -2.13. The first-order valence-corrected chi connectivity index (χ1v) is 13.0. The second-order valence-electron chi connectivity index (χ2n) is 7.62. The summed E-state index contributed by atoms with van der Waals surface area (Å²) in [5.74, 6) is -0.0875. The molecule has 1 aliphatic rings. The molecule has 3 aromatic rings. The van der Waals surface area contributed by atoms with Crippen LogP contribution in [-0.2, 0) is 17.8 Å². The van der Waals surface area contributed by atoms with Crippen molar-refractivity contribution < 1.29 is 18.7 Å². The van der Waals surface area contributed by atoms with Gasteiger partial charge in [-0.15, -0.1) is 0 Å². The molecule has 0 radical (unpaired) electrons. The predicted octanol–water partition coefficient (Wildman–Crippen LogP) is 7.60. The summed E-state index contributed by atoms with van der Waals surface area (Å²) in [6, 6.07) is 20.0. The molecular formula is C26H20Br2FNO3S. The third-order valence-corrected chi connectivity index (χ3v) is 7.30. The van der Waals surface area contributed by atoms with Gasteiger partial charge in [0, 0.05) is 12.1 Å². The summed E-state index contributed by atoms with van der Waals surface area (Å²) in [5, 5.41) is -0.257. The van der Waals surface area contributed by atoms with Crippen molar-refractivity contribution in [3.63, 3.8) is 0 Å². The van der Waals surface area contributed by atoms with E-state index in [9.17, 15) is 14.0 Å². The SMILES string of the molecule is O=C1S/C(=C/c2cc(Br)c(OCc3ccccc3F)c(Br)c2)C(=O)N1CCCc1ccccc1. The van der Waals surface area contributed by atoms with Gasteiger partial charge in [0.05, 0.1) is 13.9 Å². The lowest BCUT2D eigenvalue weighted by atomic mass is 10.1. The van der Waals surface area contributed by atoms with Gasteiger partial charge < -0.3 is 4.74 Å². The summed E-state index contributed by atoms with van der Waals surface area (Å²) in [7, 11) is 0. The summed E-state index contributed by atoms with van der Waals surface area (Å²) in [4.78, 5) is 26.9. The van der Waals surface area contributed by atoms with Crippen LogP contribution in [0.2, 0.25) is 0 Å². The maximum atomic E-state index is 13.9. The molecule has 2 amide bonds. The van der Waals surface area contributed by atoms with E-state index in [-0.39, 0.29) is 23.6 Å². The Balaban J connectivity index is 1.42. The number of thioether (sulfide) groups is 1. The summed E-state index contributed by atoms with van der Waals surface area (Å²) < 4.78 is 21.0. The minimum absolute atomic E-state index is 0.0745. The zero-order chi connectivity index (χ0) is 24.1. The topological polar surface area (TPSA) is 46.6 Å². The molecule has 34 heavy (non-hydrogen) atoms. The second kappa shape index (κ2) is 11.3. The van der Waals surface area contributed by atoms with Gasteiger partial charge in [0.2, 0.25) is 0 Å². The highest BCUT2D eigenvalue weighted by atomic mass is 79.9. The molecule has 0 spiro atoms. The third kappa shape index (κ3) is 5.98. The van der Waals surface area contributed by atoms with Crippen molar-refractivity contribution in [3.05, 3.63) is 103 Å². The minimum Gasteiger partial charge on any atom is -0.486 e. The zero-order valence-corrected chi connectivity index (χ0v) is 22.0. The number of amides is 2. The highest BCUT2D eigenvalue weighted by molar-refractivity contribution is 9.11. The third-order valence-electron chi connectivity index (χ3n) is 5.21. The molecule has 174 valence electrons. The van der Waals surface area contributed by atoms with E-state index in [4.69, 9.17) is 4.74 Å². The number of benzene rings is 3. The van der Waals surface area contributed by atoms with Gasteiger partial charge >= 0.3 is 0 Å². The largest absolute Gasteiger partial charge is 0.486 e. The Labute approximate surface area is 218 Å². The van der Waals surface area contributed by atoms with Crippen molar-refractivity contribution in [2.24, 2.45) is 0 Å². The van der Waals surface area contributed by atoms with Gasteiger partial charge in [-0.05, 0) is 91.9 Å². The van der Waals surface area contributed by atoms with Crippen molar-refractivity contribution in [2.45, 2.75) is 19.4 Å². The number of imide groups is 1. The van der Waals surface area contributed by atoms with Crippen LogP contribution in [-0.4, -0.2) is 22.6 Å². The fraction of sp³-hybridized carbons (Fsp3) is 0.154. The normalized spacial score (nSPS) is 14.8. The molecule has 1 aliphatic heterocycles. The molecule has 0 atom stereocenters. The summed E-state index contributed by atoms with van der Waals surface area (Å²) in [6.07, 6.45) is 3.20. The molecule has 1 heterocycles. The van der Waals surface area contributed by atoms with Gasteiger partial charge in [-0.1, -0.05) is 48.5 Å². The van der Waals surface area contributed by atoms with Crippen LogP contribution in [0.1, 0.15) is 23.1 Å². The van der Waals surface area contributed by atoms with Crippen LogP contribution in [0.5, 0.6) is 5.75 Å². The fourth-order valence-corrected chi connectivity index (χ4v) is 5.81. The predicted molar refractivity (Wildman–Crippen MR) is 140 cm³/mol. The molecule has 3 aromatic carbocycles. The number of ether oxygens (including phenoxy) is 1. The maximum Gasteiger partial charge on any atom is 0.293 e. The van der Waals surface area contributed by atoms with E-state index in [1.807, 2.05) is 30.3 Å². The first-order valence-electron chi connectivity index (χ1n) is 10.6. The van der Waals surface area contributed by atoms with Crippen LogP contribution >= 0.6 is 43.6 Å². The van der Waals surface area contributed by atoms with Gasteiger partial charge in [-0.25, -0.2) is 4.39 Å². The highest BCUT2D eigenvalue weighted by Gasteiger charge is 2.34. The molecule has 1 saturated heterocycles. The molecule has 4 rings (SSSR count). The van der Waals surface area contributed by atoms with Crippen LogP contribution < -0.4 is 4.74 Å². The number of carbonyl (C=O) groups excluding carboxylic acids is 2. The molecule has 0 bridgehead atoms. The van der Waals surface area contributed by atoms with Gasteiger partial charge in [-0.3, -0.25) is 14.5 Å². The molecule has 0 aromatic heterocycles. The number of halogens is 3. The van der Waals surface area contributed by atoms with Gasteiger partial charge in [0.25, 0.3) is 11.1 Å². The van der Waals surface area contributed by atoms with Gasteiger partial charge in [0.1, 0.15) is 18.2 Å². The Morgan fingerprint density at radius 3 is 2.35 bits per heavy atom. The summed E-state index contributed by atoms with van der Waals surface area (Å²) in [6.45, 7) is 0.457. The van der Waals surface area contributed by atoms with Crippen molar-refractivity contribution in [2.75, 3.05) is 6.54 Å². The quantitative estimate of drug-likeness (QED) is 0.248. The first-order chi connectivity index (χ1) is 16.4. The Hall–Kier alpha value is -2.42. The fourth-order valence-electron chi connectivity index (χ4n) is 3.50. The van der Waals surface area contributed by atoms with Crippen LogP contribution in [0.4, 0.5) is 9.18 Å². The summed E-state index contributed by atoms with van der Waals surface area (Å²) in [5.41, 5.74) is 2.36. The van der Waals surface area contributed by atoms with E-state index in [0.29, 0.717) is 38.1 Å². The van der Waals surface area contributed by atoms with E-state index in [0.717, 1.165) is 23.7 Å². The van der Waals surface area contributed by atoms with Crippen LogP contribution in [0, 0.1) is 5.82 Å². The van der Waals surface area contributed by atoms with Crippen molar-refractivity contribution in [1.29, 1.82) is 0 Å². The molecule has 0 unspecified atom stereocenters. The van der Waals surface area contributed by atoms with Crippen LogP contribution in [0.15, 0.2) is 80.6 Å². The van der Waals surface area contributed by atoms with Crippen molar-refractivity contribution >= 4 is 60.8 Å². The number of aryl methyl sites for hydroxylation is 1. The summed E-state index contributed by atoms with van der Waals surface area (Å²) >= 11 is 7.92. The number of carbonyl (C=O) groups is 2. The molecule has 0 aliphatic carbocycles. The van der Waals surface area contributed by atoms with Crippen LogP contribution in [0.3, 0.4) is 0 Å². The van der Waals surface area contributed by atoms with Gasteiger partial charge in [0.15, 0.2) is 0 Å². The van der Waals surface area contributed by atoms with Gasteiger partial charge in [-0.2, -0.15) is 0 Å². The van der Waals surface area contributed by atoms with E-state index in [1.54, 1.807) is 36.4 Å². The smallest absolute Gasteiger partial charge is 0.293 e. The Kier molecular flexibility index (Phi) is 8.24. The lowest BCUT2D eigenvalue weighted by molar-refractivity contribution is -0.122. The molecule has 4 nitrogen and oxygen atoms in total. The molecule has 8 heteroatoms. The monoisotopic (exact) mass is 603 g/mol. The average Bonchev–Trinajstić information content (AvgIpc) is 3.07.